The molecule has 1 N–H and O–H groups in total. The van der Waals surface area contributed by atoms with Gasteiger partial charge in [-0.25, -0.2) is 4.98 Å². The van der Waals surface area contributed by atoms with E-state index in [2.05, 4.69) is 15.4 Å². The van der Waals surface area contributed by atoms with Gasteiger partial charge in [-0.15, -0.1) is 0 Å². The first-order chi connectivity index (χ1) is 7.33. The monoisotopic (exact) mass is 206 g/mol. The lowest BCUT2D eigenvalue weighted by molar-refractivity contribution is 0.346. The Labute approximate surface area is 90.1 Å². The van der Waals surface area contributed by atoms with E-state index in [1.165, 1.54) is 25.7 Å². The molecule has 2 saturated carbocycles. The van der Waals surface area contributed by atoms with Crippen molar-refractivity contribution in [1.29, 1.82) is 0 Å². The highest BCUT2D eigenvalue weighted by Crippen LogP contribution is 2.44. The summed E-state index contributed by atoms with van der Waals surface area (Å²) in [6, 6.07) is 0.737. The Bertz CT molecular complexity index is 346. The largest absolute Gasteiger partial charge is 0.307 e. The lowest BCUT2D eigenvalue weighted by Gasteiger charge is -2.22. The molecule has 0 aliphatic heterocycles. The zero-order valence-electron chi connectivity index (χ0n) is 9.19. The van der Waals surface area contributed by atoms with Crippen molar-refractivity contribution in [3.05, 3.63) is 12.2 Å². The summed E-state index contributed by atoms with van der Waals surface area (Å²) in [6.07, 6.45) is 7.35. The standard InChI is InChI=1S/C11H18N4/c1-15-11(13-7-14-15)6-12-10-5-8-2-3-9(10)4-8/h7-10,12H,2-6H2,1H3. The number of nitrogens with zero attached hydrogens (tertiary/aromatic N) is 3. The maximum absolute atomic E-state index is 4.23. The van der Waals surface area contributed by atoms with E-state index in [1.54, 1.807) is 6.33 Å². The third-order valence-electron chi connectivity index (χ3n) is 4.07. The van der Waals surface area contributed by atoms with Crippen LogP contribution in [0.1, 0.15) is 31.5 Å². The van der Waals surface area contributed by atoms with Gasteiger partial charge in [-0.2, -0.15) is 5.10 Å². The van der Waals surface area contributed by atoms with E-state index in [4.69, 9.17) is 0 Å². The van der Waals surface area contributed by atoms with Gasteiger partial charge in [-0.05, 0) is 31.1 Å². The van der Waals surface area contributed by atoms with Gasteiger partial charge in [0.2, 0.25) is 0 Å². The molecule has 0 spiro atoms. The Morgan fingerprint density at radius 1 is 1.47 bits per heavy atom. The van der Waals surface area contributed by atoms with Crippen molar-refractivity contribution < 1.29 is 0 Å². The normalized spacial score (nSPS) is 33.8. The van der Waals surface area contributed by atoms with E-state index in [-0.39, 0.29) is 0 Å². The fraction of sp³-hybridized carbons (Fsp3) is 0.818. The molecule has 4 nitrogen and oxygen atoms in total. The molecule has 2 aliphatic carbocycles. The summed E-state index contributed by atoms with van der Waals surface area (Å²) >= 11 is 0. The number of rotatable bonds is 3. The van der Waals surface area contributed by atoms with Gasteiger partial charge in [0, 0.05) is 13.1 Å². The summed E-state index contributed by atoms with van der Waals surface area (Å²) in [6.45, 7) is 0.865. The van der Waals surface area contributed by atoms with Crippen LogP contribution in [-0.4, -0.2) is 20.8 Å². The SMILES string of the molecule is Cn1ncnc1CNC1CC2CCC1C2. The van der Waals surface area contributed by atoms with Crippen molar-refractivity contribution >= 4 is 0 Å². The molecular weight excluding hydrogens is 188 g/mol. The minimum absolute atomic E-state index is 0.737. The van der Waals surface area contributed by atoms with Crippen molar-refractivity contribution in [3.63, 3.8) is 0 Å². The molecule has 1 aromatic rings. The molecule has 0 amide bonds. The Morgan fingerprint density at radius 2 is 2.40 bits per heavy atom. The predicted octanol–water partition coefficient (Wildman–Crippen LogP) is 1.09. The number of aromatic nitrogens is 3. The molecule has 15 heavy (non-hydrogen) atoms. The minimum atomic E-state index is 0.737. The quantitative estimate of drug-likeness (QED) is 0.805. The maximum atomic E-state index is 4.23. The lowest BCUT2D eigenvalue weighted by atomic mass is 9.95. The maximum Gasteiger partial charge on any atom is 0.140 e. The number of nitrogens with one attached hydrogen (secondary N) is 1. The van der Waals surface area contributed by atoms with Crippen LogP contribution in [0, 0.1) is 11.8 Å². The molecule has 0 aromatic carbocycles. The van der Waals surface area contributed by atoms with E-state index < -0.39 is 0 Å². The van der Waals surface area contributed by atoms with E-state index in [1.807, 2.05) is 11.7 Å². The Balaban J connectivity index is 1.57. The van der Waals surface area contributed by atoms with Crippen LogP contribution >= 0.6 is 0 Å². The fourth-order valence-corrected chi connectivity index (χ4v) is 3.20. The van der Waals surface area contributed by atoms with Crippen LogP contribution in [0.15, 0.2) is 6.33 Å². The zero-order valence-corrected chi connectivity index (χ0v) is 9.19. The topological polar surface area (TPSA) is 42.7 Å². The molecule has 3 rings (SSSR count). The average Bonchev–Trinajstić information content (AvgIpc) is 2.90. The summed E-state index contributed by atoms with van der Waals surface area (Å²) in [5.41, 5.74) is 0. The highest BCUT2D eigenvalue weighted by molar-refractivity contribution is 4.95. The summed E-state index contributed by atoms with van der Waals surface area (Å²) in [5.74, 6) is 2.98. The molecule has 1 heterocycles. The van der Waals surface area contributed by atoms with Gasteiger partial charge in [0.25, 0.3) is 0 Å². The molecule has 3 atom stereocenters. The van der Waals surface area contributed by atoms with Crippen LogP contribution < -0.4 is 5.32 Å². The van der Waals surface area contributed by atoms with Crippen molar-refractivity contribution in [2.45, 2.75) is 38.3 Å². The Kier molecular flexibility index (Phi) is 2.24. The van der Waals surface area contributed by atoms with Crippen molar-refractivity contribution in [2.24, 2.45) is 18.9 Å². The Hall–Kier alpha value is -0.900. The smallest absolute Gasteiger partial charge is 0.140 e. The van der Waals surface area contributed by atoms with Crippen molar-refractivity contribution in [1.82, 2.24) is 20.1 Å². The second kappa shape index (κ2) is 3.59. The van der Waals surface area contributed by atoms with Crippen molar-refractivity contribution in [3.8, 4) is 0 Å². The van der Waals surface area contributed by atoms with E-state index in [0.717, 1.165) is 30.2 Å². The molecule has 1 aromatic heterocycles. The van der Waals surface area contributed by atoms with Gasteiger partial charge >= 0.3 is 0 Å². The van der Waals surface area contributed by atoms with E-state index in [0.29, 0.717) is 0 Å². The van der Waals surface area contributed by atoms with Crippen LogP contribution in [0.25, 0.3) is 0 Å². The fourth-order valence-electron chi connectivity index (χ4n) is 3.20. The van der Waals surface area contributed by atoms with Crippen LogP contribution in [0.3, 0.4) is 0 Å². The van der Waals surface area contributed by atoms with Gasteiger partial charge in [-0.3, -0.25) is 4.68 Å². The molecule has 2 aliphatic rings. The first-order valence-corrected chi connectivity index (χ1v) is 5.89. The summed E-state index contributed by atoms with van der Waals surface area (Å²) in [5, 5.41) is 7.71. The van der Waals surface area contributed by atoms with Gasteiger partial charge in [0.15, 0.2) is 0 Å². The first-order valence-electron chi connectivity index (χ1n) is 5.89. The highest BCUT2D eigenvalue weighted by Gasteiger charge is 2.39. The average molecular weight is 206 g/mol. The van der Waals surface area contributed by atoms with Gasteiger partial charge < -0.3 is 5.32 Å². The van der Waals surface area contributed by atoms with Gasteiger partial charge in [0.1, 0.15) is 12.2 Å². The molecule has 2 fully saturated rings. The number of fused-ring (bicyclic) bond motifs is 2. The van der Waals surface area contributed by atoms with Crippen LogP contribution in [0.4, 0.5) is 0 Å². The minimum Gasteiger partial charge on any atom is -0.307 e. The van der Waals surface area contributed by atoms with E-state index >= 15 is 0 Å². The third kappa shape index (κ3) is 1.67. The second-order valence-electron chi connectivity index (χ2n) is 4.96. The van der Waals surface area contributed by atoms with Crippen LogP contribution in [-0.2, 0) is 13.6 Å². The lowest BCUT2D eigenvalue weighted by Crippen LogP contribution is -2.34. The summed E-state index contributed by atoms with van der Waals surface area (Å²) in [4.78, 5) is 4.23. The molecule has 0 saturated heterocycles. The van der Waals surface area contributed by atoms with Crippen molar-refractivity contribution in [2.75, 3.05) is 0 Å². The Morgan fingerprint density at radius 3 is 3.00 bits per heavy atom. The van der Waals surface area contributed by atoms with Crippen LogP contribution in [0.2, 0.25) is 0 Å². The third-order valence-corrected chi connectivity index (χ3v) is 4.07. The van der Waals surface area contributed by atoms with Gasteiger partial charge in [0.05, 0.1) is 6.54 Å². The number of hydrogen-bond acceptors (Lipinski definition) is 3. The number of aryl methyl sites for hydroxylation is 1. The molecule has 4 heteroatoms. The summed E-state index contributed by atoms with van der Waals surface area (Å²) < 4.78 is 1.85. The molecular formula is C11H18N4. The van der Waals surface area contributed by atoms with Gasteiger partial charge in [-0.1, -0.05) is 6.42 Å². The second-order valence-corrected chi connectivity index (χ2v) is 4.96. The van der Waals surface area contributed by atoms with Crippen LogP contribution in [0.5, 0.6) is 0 Å². The predicted molar refractivity (Wildman–Crippen MR) is 57.1 cm³/mol. The zero-order chi connectivity index (χ0) is 10.3. The molecule has 3 unspecified atom stereocenters. The summed E-state index contributed by atoms with van der Waals surface area (Å²) in [7, 11) is 1.95. The first kappa shape index (κ1) is 9.33. The molecule has 82 valence electrons. The number of hydrogen-bond donors (Lipinski definition) is 1. The molecule has 0 radical (unpaired) electrons. The van der Waals surface area contributed by atoms with E-state index in [9.17, 15) is 0 Å². The highest BCUT2D eigenvalue weighted by atomic mass is 15.3. The molecule has 2 bridgehead atoms.